The number of carbonyl (C=O) groups excluding carboxylic acids is 2. The van der Waals surface area contributed by atoms with Crippen LogP contribution in [0.4, 0.5) is 17.1 Å². The fourth-order valence-electron chi connectivity index (χ4n) is 5.01. The first-order valence-electron chi connectivity index (χ1n) is 11.4. The molecule has 0 saturated carbocycles. The number of imide groups is 1. The lowest BCUT2D eigenvalue weighted by atomic mass is 9.90. The average Bonchev–Trinajstić information content (AvgIpc) is 3.39. The number of amides is 2. The quantitative estimate of drug-likeness (QED) is 0.178. The maximum absolute atomic E-state index is 13.9. The summed E-state index contributed by atoms with van der Waals surface area (Å²) in [6, 6.07) is 22.8. The third-order valence-corrected chi connectivity index (χ3v) is 7.25. The van der Waals surface area contributed by atoms with Gasteiger partial charge in [0, 0.05) is 22.2 Å². The number of hydrogen-bond donors (Lipinski definition) is 0. The highest BCUT2D eigenvalue weighted by Crippen LogP contribution is 2.49. The minimum absolute atomic E-state index is 0.158. The van der Waals surface area contributed by atoms with Crippen LogP contribution in [0.3, 0.4) is 0 Å². The zero-order valence-electron chi connectivity index (χ0n) is 19.0. The summed E-state index contributed by atoms with van der Waals surface area (Å²) in [6.07, 6.45) is -1.14. The summed E-state index contributed by atoms with van der Waals surface area (Å²) in [5.41, 5.74) is 1.10. The Bertz CT molecular complexity index is 1610. The predicted octanol–water partition coefficient (Wildman–Crippen LogP) is 6.11. The Kier molecular flexibility index (Phi) is 5.60. The van der Waals surface area contributed by atoms with Gasteiger partial charge in [0.1, 0.15) is 5.92 Å². The smallest absolute Gasteiger partial charge is 0.271 e. The first kappa shape index (κ1) is 23.4. The molecule has 2 heterocycles. The van der Waals surface area contributed by atoms with Gasteiger partial charge in [-0.2, -0.15) is 0 Å². The van der Waals surface area contributed by atoms with Gasteiger partial charge in [-0.05, 0) is 46.7 Å². The number of carbonyl (C=O) groups is 2. The van der Waals surface area contributed by atoms with Crippen LogP contribution in [0, 0.1) is 16.0 Å². The van der Waals surface area contributed by atoms with Gasteiger partial charge in [-0.25, -0.2) is 9.96 Å². The molecule has 2 fully saturated rings. The second kappa shape index (κ2) is 8.85. The van der Waals surface area contributed by atoms with Crippen LogP contribution in [0.5, 0.6) is 0 Å². The molecule has 0 aliphatic carbocycles. The van der Waals surface area contributed by atoms with E-state index in [2.05, 4.69) is 0 Å². The van der Waals surface area contributed by atoms with Crippen molar-refractivity contribution in [2.75, 3.05) is 9.96 Å². The lowest BCUT2D eigenvalue weighted by Gasteiger charge is -2.29. The lowest BCUT2D eigenvalue weighted by Crippen LogP contribution is -2.37. The molecule has 8 nitrogen and oxygen atoms in total. The molecule has 37 heavy (non-hydrogen) atoms. The van der Waals surface area contributed by atoms with Crippen LogP contribution in [0.15, 0.2) is 84.9 Å². The van der Waals surface area contributed by atoms with E-state index in [1.807, 2.05) is 30.3 Å². The van der Waals surface area contributed by atoms with Crippen molar-refractivity contribution in [1.82, 2.24) is 0 Å². The molecule has 2 saturated heterocycles. The van der Waals surface area contributed by atoms with Gasteiger partial charge in [0.15, 0.2) is 6.10 Å². The zero-order valence-corrected chi connectivity index (χ0v) is 20.5. The Hall–Kier alpha value is -3.98. The third kappa shape index (κ3) is 3.81. The third-order valence-electron chi connectivity index (χ3n) is 6.68. The van der Waals surface area contributed by atoms with Gasteiger partial charge in [-0.3, -0.25) is 24.5 Å². The van der Waals surface area contributed by atoms with Gasteiger partial charge in [0.05, 0.1) is 22.3 Å². The van der Waals surface area contributed by atoms with Gasteiger partial charge >= 0.3 is 0 Å². The Morgan fingerprint density at radius 3 is 2.35 bits per heavy atom. The fourth-order valence-corrected chi connectivity index (χ4v) is 5.53. The second-order valence-corrected chi connectivity index (χ2v) is 9.65. The minimum Gasteiger partial charge on any atom is -0.273 e. The van der Waals surface area contributed by atoms with Crippen LogP contribution in [0.2, 0.25) is 10.0 Å². The van der Waals surface area contributed by atoms with Crippen LogP contribution < -0.4 is 9.96 Å². The summed E-state index contributed by atoms with van der Waals surface area (Å²) in [7, 11) is 0. The highest BCUT2D eigenvalue weighted by Gasteiger charge is 2.60. The van der Waals surface area contributed by atoms with Crippen LogP contribution in [0.25, 0.3) is 10.8 Å². The Morgan fingerprint density at radius 1 is 0.811 bits per heavy atom. The van der Waals surface area contributed by atoms with Crippen molar-refractivity contribution >= 4 is 62.9 Å². The summed E-state index contributed by atoms with van der Waals surface area (Å²) < 4.78 is 0. The van der Waals surface area contributed by atoms with E-state index < -0.39 is 34.8 Å². The van der Waals surface area contributed by atoms with Crippen molar-refractivity contribution in [2.45, 2.75) is 12.1 Å². The number of nitro groups is 1. The number of halogens is 2. The van der Waals surface area contributed by atoms with E-state index in [1.165, 1.54) is 23.3 Å². The van der Waals surface area contributed by atoms with E-state index in [9.17, 15) is 19.7 Å². The zero-order chi connectivity index (χ0) is 25.8. The van der Waals surface area contributed by atoms with Crippen molar-refractivity contribution in [1.29, 1.82) is 0 Å². The maximum atomic E-state index is 13.9. The van der Waals surface area contributed by atoms with Gasteiger partial charge < -0.3 is 0 Å². The van der Waals surface area contributed by atoms with Crippen molar-refractivity contribution < 1.29 is 19.3 Å². The second-order valence-electron chi connectivity index (χ2n) is 8.81. The first-order valence-corrected chi connectivity index (χ1v) is 12.1. The van der Waals surface area contributed by atoms with Crippen LogP contribution in [-0.2, 0) is 14.4 Å². The molecule has 4 aromatic carbocycles. The SMILES string of the molecule is O=C1[C@H]2[C@H](ON(c3cccc([N+](=O)[O-])c3)[C@@H]2c2ccc(Cl)cc2Cl)C(=O)N1c1ccc2ccccc2c1. The summed E-state index contributed by atoms with van der Waals surface area (Å²) in [5, 5.41) is 15.3. The van der Waals surface area contributed by atoms with Crippen molar-refractivity contribution in [3.8, 4) is 0 Å². The molecule has 0 aromatic heterocycles. The highest BCUT2D eigenvalue weighted by molar-refractivity contribution is 6.35. The highest BCUT2D eigenvalue weighted by atomic mass is 35.5. The molecule has 0 radical (unpaired) electrons. The maximum Gasteiger partial charge on any atom is 0.271 e. The molecule has 10 heteroatoms. The normalized spacial score (nSPS) is 21.1. The number of rotatable bonds is 4. The largest absolute Gasteiger partial charge is 0.273 e. The number of anilines is 2. The number of hydrogen-bond acceptors (Lipinski definition) is 6. The molecule has 184 valence electrons. The van der Waals surface area contributed by atoms with Crippen molar-refractivity contribution in [2.24, 2.45) is 5.92 Å². The fraction of sp³-hybridized carbons (Fsp3) is 0.111. The standard InChI is InChI=1S/C27H17Cl2N3O5/c28-17-9-11-21(22(29)13-17)24-23-25(37-31(24)19-6-3-7-20(14-19)32(35)36)27(34)30(26(23)33)18-10-8-15-4-1-2-5-16(15)12-18/h1-14,23-25H/t23-,24-,25+/m1/s1. The number of nitro benzene ring substituents is 1. The molecule has 3 atom stereocenters. The molecule has 2 amide bonds. The van der Waals surface area contributed by atoms with Gasteiger partial charge in [-0.15, -0.1) is 0 Å². The molecular formula is C27H17Cl2N3O5. The Morgan fingerprint density at radius 2 is 1.59 bits per heavy atom. The number of nitrogens with zero attached hydrogens (tertiary/aromatic N) is 3. The molecule has 0 unspecified atom stereocenters. The van der Waals surface area contributed by atoms with Gasteiger partial charge in [0.2, 0.25) is 5.91 Å². The molecule has 0 spiro atoms. The molecule has 0 bridgehead atoms. The van der Waals surface area contributed by atoms with E-state index in [0.29, 0.717) is 22.0 Å². The summed E-state index contributed by atoms with van der Waals surface area (Å²) in [6.45, 7) is 0. The summed E-state index contributed by atoms with van der Waals surface area (Å²) in [4.78, 5) is 45.6. The van der Waals surface area contributed by atoms with E-state index in [-0.39, 0.29) is 10.7 Å². The first-order chi connectivity index (χ1) is 17.8. The van der Waals surface area contributed by atoms with Crippen LogP contribution in [0.1, 0.15) is 11.6 Å². The molecular weight excluding hydrogens is 517 g/mol. The Balaban J connectivity index is 1.45. The molecule has 2 aliphatic rings. The number of fused-ring (bicyclic) bond motifs is 2. The van der Waals surface area contributed by atoms with E-state index in [0.717, 1.165) is 15.7 Å². The number of non-ortho nitro benzene ring substituents is 1. The van der Waals surface area contributed by atoms with Crippen molar-refractivity contribution in [3.63, 3.8) is 0 Å². The van der Waals surface area contributed by atoms with Gasteiger partial charge in [-0.1, -0.05) is 65.7 Å². The predicted molar refractivity (Wildman–Crippen MR) is 140 cm³/mol. The van der Waals surface area contributed by atoms with Crippen molar-refractivity contribution in [3.05, 3.63) is 111 Å². The van der Waals surface area contributed by atoms with Crippen LogP contribution >= 0.6 is 23.2 Å². The topological polar surface area (TPSA) is 93.0 Å². The Labute approximate surface area is 220 Å². The molecule has 2 aliphatic heterocycles. The van der Waals surface area contributed by atoms with E-state index in [1.54, 1.807) is 36.4 Å². The number of hydroxylamine groups is 1. The monoisotopic (exact) mass is 533 g/mol. The molecule has 0 N–H and O–H groups in total. The minimum atomic E-state index is -1.14. The van der Waals surface area contributed by atoms with E-state index in [4.69, 9.17) is 28.0 Å². The summed E-state index contributed by atoms with van der Waals surface area (Å²) >= 11 is 12.7. The van der Waals surface area contributed by atoms with Gasteiger partial charge in [0.25, 0.3) is 11.6 Å². The summed E-state index contributed by atoms with van der Waals surface area (Å²) in [5.74, 6) is -1.92. The molecule has 6 rings (SSSR count). The lowest BCUT2D eigenvalue weighted by molar-refractivity contribution is -0.384. The number of benzene rings is 4. The van der Waals surface area contributed by atoms with E-state index >= 15 is 0 Å². The van der Waals surface area contributed by atoms with Crippen LogP contribution in [-0.4, -0.2) is 22.8 Å². The molecule has 4 aromatic rings. The average molecular weight is 534 g/mol.